The monoisotopic (exact) mass is 450 g/mol. The van der Waals surface area contributed by atoms with Gasteiger partial charge in [0.05, 0.1) is 15.4 Å². The van der Waals surface area contributed by atoms with Crippen LogP contribution in [0, 0.1) is 5.82 Å². The molecule has 156 valence electrons. The average molecular weight is 450 g/mol. The van der Waals surface area contributed by atoms with E-state index in [4.69, 9.17) is 5.11 Å². The molecule has 0 aliphatic carbocycles. The average Bonchev–Trinajstić information content (AvgIpc) is 2.68. The molecule has 0 heterocycles. The Bertz CT molecular complexity index is 1290. The van der Waals surface area contributed by atoms with Gasteiger partial charge in [0.1, 0.15) is 5.82 Å². The largest absolute Gasteiger partial charge is 0.478 e. The number of carbonyl (C=O) groups is 1. The van der Waals surface area contributed by atoms with E-state index in [1.165, 1.54) is 24.3 Å². The van der Waals surface area contributed by atoms with Crippen LogP contribution < -0.4 is 9.44 Å². The Labute approximate surface area is 172 Å². The van der Waals surface area contributed by atoms with Crippen LogP contribution in [0.2, 0.25) is 0 Å². The third kappa shape index (κ3) is 4.75. The molecule has 8 nitrogen and oxygen atoms in total. The Hall–Kier alpha value is -3.44. The molecule has 0 aromatic heterocycles. The van der Waals surface area contributed by atoms with Crippen molar-refractivity contribution in [1.29, 1.82) is 0 Å². The molecule has 0 unspecified atom stereocenters. The second-order valence-corrected chi connectivity index (χ2v) is 9.41. The van der Waals surface area contributed by atoms with Gasteiger partial charge in [0.25, 0.3) is 20.0 Å². The molecule has 0 amide bonds. The lowest BCUT2D eigenvalue weighted by molar-refractivity contribution is 0.0691. The Morgan fingerprint density at radius 3 is 1.80 bits per heavy atom. The van der Waals surface area contributed by atoms with Gasteiger partial charge in [-0.25, -0.2) is 26.0 Å². The topological polar surface area (TPSA) is 130 Å². The minimum atomic E-state index is -4.23. The van der Waals surface area contributed by atoms with Gasteiger partial charge in [0.15, 0.2) is 0 Å². The van der Waals surface area contributed by atoms with Crippen molar-refractivity contribution in [2.24, 2.45) is 0 Å². The maximum Gasteiger partial charge on any atom is 0.338 e. The molecule has 11 heteroatoms. The van der Waals surface area contributed by atoms with E-state index in [0.29, 0.717) is 11.8 Å². The molecule has 3 N–H and O–H groups in total. The lowest BCUT2D eigenvalue weighted by Gasteiger charge is -2.11. The third-order valence-electron chi connectivity index (χ3n) is 3.92. The lowest BCUT2D eigenvalue weighted by Crippen LogP contribution is -2.15. The maximum atomic E-state index is 13.5. The van der Waals surface area contributed by atoms with Crippen LogP contribution in [-0.4, -0.2) is 27.9 Å². The zero-order valence-corrected chi connectivity index (χ0v) is 16.7. The number of carboxylic acids is 1. The van der Waals surface area contributed by atoms with Crippen LogP contribution in [0.15, 0.2) is 82.6 Å². The van der Waals surface area contributed by atoms with Crippen molar-refractivity contribution in [3.63, 3.8) is 0 Å². The highest BCUT2D eigenvalue weighted by molar-refractivity contribution is 7.93. The first-order valence-electron chi connectivity index (χ1n) is 8.32. The summed E-state index contributed by atoms with van der Waals surface area (Å²) in [6.07, 6.45) is 0. The fraction of sp³-hybridized carbons (Fsp3) is 0. The summed E-state index contributed by atoms with van der Waals surface area (Å²) in [5.41, 5.74) is -0.381. The molecule has 0 spiro atoms. The summed E-state index contributed by atoms with van der Waals surface area (Å²) < 4.78 is 67.8. The quantitative estimate of drug-likeness (QED) is 0.507. The van der Waals surface area contributed by atoms with Gasteiger partial charge < -0.3 is 5.11 Å². The van der Waals surface area contributed by atoms with Crippen molar-refractivity contribution in [1.82, 2.24) is 0 Å². The van der Waals surface area contributed by atoms with Crippen molar-refractivity contribution >= 4 is 37.4 Å². The molecule has 0 saturated heterocycles. The first-order chi connectivity index (χ1) is 14.1. The van der Waals surface area contributed by atoms with E-state index in [-0.39, 0.29) is 10.6 Å². The van der Waals surface area contributed by atoms with E-state index in [9.17, 15) is 26.0 Å². The van der Waals surface area contributed by atoms with Gasteiger partial charge in [-0.1, -0.05) is 18.2 Å². The number of benzene rings is 3. The summed E-state index contributed by atoms with van der Waals surface area (Å²) in [5.74, 6) is -2.67. The molecule has 0 aliphatic rings. The number of anilines is 2. The van der Waals surface area contributed by atoms with E-state index < -0.39 is 42.3 Å². The van der Waals surface area contributed by atoms with Crippen LogP contribution >= 0.6 is 0 Å². The van der Waals surface area contributed by atoms with Gasteiger partial charge in [0.2, 0.25) is 0 Å². The number of para-hydroxylation sites is 1. The van der Waals surface area contributed by atoms with Crippen molar-refractivity contribution in [3.8, 4) is 0 Å². The number of carboxylic acid groups (broad SMARTS) is 1. The summed E-state index contributed by atoms with van der Waals surface area (Å²) in [5, 5.41) is 8.94. The predicted octanol–water partition coefficient (Wildman–Crippen LogP) is 3.13. The molecule has 0 bridgehead atoms. The number of hydrogen-bond acceptors (Lipinski definition) is 5. The van der Waals surface area contributed by atoms with E-state index in [0.717, 1.165) is 12.1 Å². The SMILES string of the molecule is O=C(O)c1cc(S(=O)(=O)Nc2ccc(S(=O)(=O)Nc3ccccc3)cc2)ccc1F. The third-order valence-corrected chi connectivity index (χ3v) is 6.70. The van der Waals surface area contributed by atoms with E-state index in [1.54, 1.807) is 30.3 Å². The molecule has 3 rings (SSSR count). The summed E-state index contributed by atoms with van der Waals surface area (Å²) in [6.45, 7) is 0. The number of hydrogen-bond donors (Lipinski definition) is 3. The molecule has 30 heavy (non-hydrogen) atoms. The highest BCUT2D eigenvalue weighted by Crippen LogP contribution is 2.22. The Morgan fingerprint density at radius 2 is 1.23 bits per heavy atom. The van der Waals surface area contributed by atoms with Crippen LogP contribution in [0.5, 0.6) is 0 Å². The van der Waals surface area contributed by atoms with E-state index in [2.05, 4.69) is 9.44 Å². The van der Waals surface area contributed by atoms with Gasteiger partial charge in [0, 0.05) is 11.4 Å². The van der Waals surface area contributed by atoms with Crippen LogP contribution in [0.25, 0.3) is 0 Å². The normalized spacial score (nSPS) is 11.6. The smallest absolute Gasteiger partial charge is 0.338 e. The highest BCUT2D eigenvalue weighted by Gasteiger charge is 2.20. The Kier molecular flexibility index (Phi) is 5.76. The fourth-order valence-electron chi connectivity index (χ4n) is 2.47. The number of aromatic carboxylic acids is 1. The van der Waals surface area contributed by atoms with Gasteiger partial charge in [-0.2, -0.15) is 0 Å². The van der Waals surface area contributed by atoms with Gasteiger partial charge >= 0.3 is 5.97 Å². The van der Waals surface area contributed by atoms with E-state index >= 15 is 0 Å². The second-order valence-electron chi connectivity index (χ2n) is 6.05. The minimum absolute atomic E-state index is 0.0369. The number of rotatable bonds is 7. The molecule has 0 atom stereocenters. The van der Waals surface area contributed by atoms with E-state index in [1.807, 2.05) is 0 Å². The summed E-state index contributed by atoms with van der Waals surface area (Å²) in [7, 11) is -8.11. The first kappa shape index (κ1) is 21.3. The predicted molar refractivity (Wildman–Crippen MR) is 108 cm³/mol. The molecule has 0 fully saturated rings. The van der Waals surface area contributed by atoms with Gasteiger partial charge in [-0.15, -0.1) is 0 Å². The summed E-state index contributed by atoms with van der Waals surface area (Å²) >= 11 is 0. The summed E-state index contributed by atoms with van der Waals surface area (Å²) in [4.78, 5) is 10.5. The fourth-order valence-corrected chi connectivity index (χ4v) is 4.61. The standard InChI is InChI=1S/C19H15FN2O6S2/c20-18-11-10-16(12-17(18)19(23)24)30(27,28)22-14-6-8-15(9-7-14)29(25,26)21-13-4-2-1-3-5-13/h1-12,21-22H,(H,23,24). The number of halogens is 1. The van der Waals surface area contributed by atoms with Gasteiger partial charge in [-0.05, 0) is 54.6 Å². The number of sulfonamides is 2. The lowest BCUT2D eigenvalue weighted by atomic mass is 10.2. The van der Waals surface area contributed by atoms with Crippen molar-refractivity contribution in [3.05, 3.63) is 84.2 Å². The zero-order valence-electron chi connectivity index (χ0n) is 15.1. The van der Waals surface area contributed by atoms with Crippen LogP contribution in [0.4, 0.5) is 15.8 Å². The van der Waals surface area contributed by atoms with Crippen molar-refractivity contribution in [2.45, 2.75) is 9.79 Å². The number of nitrogens with one attached hydrogen (secondary N) is 2. The zero-order chi connectivity index (χ0) is 21.9. The molecular formula is C19H15FN2O6S2. The molecule has 3 aromatic rings. The van der Waals surface area contributed by atoms with Crippen LogP contribution in [0.1, 0.15) is 10.4 Å². The molecule has 0 saturated carbocycles. The molecular weight excluding hydrogens is 435 g/mol. The van der Waals surface area contributed by atoms with Crippen LogP contribution in [0.3, 0.4) is 0 Å². The maximum absolute atomic E-state index is 13.5. The van der Waals surface area contributed by atoms with Crippen molar-refractivity contribution < 1.29 is 31.1 Å². The minimum Gasteiger partial charge on any atom is -0.478 e. The first-order valence-corrected chi connectivity index (χ1v) is 11.3. The van der Waals surface area contributed by atoms with Crippen molar-refractivity contribution in [2.75, 3.05) is 9.44 Å². The molecule has 3 aromatic carbocycles. The molecule has 0 radical (unpaired) electrons. The molecule has 0 aliphatic heterocycles. The van der Waals surface area contributed by atoms with Gasteiger partial charge in [-0.3, -0.25) is 9.44 Å². The van der Waals surface area contributed by atoms with Crippen LogP contribution in [-0.2, 0) is 20.0 Å². The Balaban J connectivity index is 1.81. The highest BCUT2D eigenvalue weighted by atomic mass is 32.2. The summed E-state index contributed by atoms with van der Waals surface area (Å²) in [6, 6.07) is 15.5. The second kappa shape index (κ2) is 8.13. The Morgan fingerprint density at radius 1 is 0.733 bits per heavy atom.